The number of rotatable bonds is 8. The number of likely N-dealkylation sites (N-methyl/N-ethyl adjacent to an activating group) is 1. The van der Waals surface area contributed by atoms with Crippen LogP contribution in [0, 0.1) is 0 Å². The van der Waals surface area contributed by atoms with Crippen LogP contribution in [0.5, 0.6) is 0 Å². The highest BCUT2D eigenvalue weighted by molar-refractivity contribution is 5.77. The van der Waals surface area contributed by atoms with E-state index in [1.165, 1.54) is 19.2 Å². The van der Waals surface area contributed by atoms with Crippen molar-refractivity contribution in [3.63, 3.8) is 0 Å². The molecule has 0 N–H and O–H groups in total. The number of ether oxygens (including phenoxy) is 1. The minimum absolute atomic E-state index is 0.130. The molecule has 2 heterocycles. The number of carbonyl (C=O) groups is 1. The molecule has 0 saturated heterocycles. The molecule has 36 heavy (non-hydrogen) atoms. The van der Waals surface area contributed by atoms with Crippen LogP contribution in [0.3, 0.4) is 0 Å². The Morgan fingerprint density at radius 1 is 1.06 bits per heavy atom. The Morgan fingerprint density at radius 2 is 1.75 bits per heavy atom. The number of alkyl halides is 3. The second kappa shape index (κ2) is 10.1. The fourth-order valence-corrected chi connectivity index (χ4v) is 4.60. The molecular weight excluding hydrogens is 469 g/mol. The molecule has 188 valence electrons. The molecule has 0 saturated carbocycles. The third-order valence-electron chi connectivity index (χ3n) is 6.23. The number of benzene rings is 2. The van der Waals surface area contributed by atoms with Crippen molar-refractivity contribution in [3.05, 3.63) is 89.9 Å². The quantitative estimate of drug-likeness (QED) is 0.321. The summed E-state index contributed by atoms with van der Waals surface area (Å²) >= 11 is 0. The van der Waals surface area contributed by atoms with E-state index in [4.69, 9.17) is 4.74 Å². The number of nitrogens with zero attached hydrogens (tertiary/aromatic N) is 4. The molecule has 0 aliphatic carbocycles. The zero-order chi connectivity index (χ0) is 25.9. The van der Waals surface area contributed by atoms with Crippen molar-refractivity contribution < 1.29 is 22.7 Å². The minimum Gasteiger partial charge on any atom is -0.468 e. The van der Waals surface area contributed by atoms with E-state index in [1.54, 1.807) is 16.9 Å². The largest absolute Gasteiger partial charge is 0.468 e. The number of carbonyl (C=O) groups excluding carboxylic acids is 1. The third kappa shape index (κ3) is 5.41. The van der Waals surface area contributed by atoms with Gasteiger partial charge in [-0.25, -0.2) is 9.50 Å². The maximum absolute atomic E-state index is 13.0. The van der Waals surface area contributed by atoms with Crippen LogP contribution in [0.15, 0.2) is 73.1 Å². The summed E-state index contributed by atoms with van der Waals surface area (Å²) in [7, 11) is 3.22. The normalized spacial score (nSPS) is 13.6. The van der Waals surface area contributed by atoms with Gasteiger partial charge in [-0.3, -0.25) is 9.69 Å². The lowest BCUT2D eigenvalue weighted by molar-refractivity contribution is -0.141. The molecule has 0 fully saturated rings. The molecule has 1 atom stereocenters. The first-order valence-electron chi connectivity index (χ1n) is 11.4. The maximum atomic E-state index is 13.0. The van der Waals surface area contributed by atoms with Gasteiger partial charge < -0.3 is 4.74 Å². The molecule has 0 radical (unpaired) electrons. The lowest BCUT2D eigenvalue weighted by Gasteiger charge is -2.34. The van der Waals surface area contributed by atoms with Crippen molar-refractivity contribution in [3.8, 4) is 11.1 Å². The number of esters is 1. The van der Waals surface area contributed by atoms with Crippen LogP contribution in [0.4, 0.5) is 13.2 Å². The van der Waals surface area contributed by atoms with Crippen LogP contribution in [-0.2, 0) is 27.5 Å². The van der Waals surface area contributed by atoms with Gasteiger partial charge in [0.15, 0.2) is 5.65 Å². The molecule has 0 unspecified atom stereocenters. The molecule has 0 bridgehead atoms. The fourth-order valence-electron chi connectivity index (χ4n) is 4.60. The van der Waals surface area contributed by atoms with Crippen molar-refractivity contribution in [2.45, 2.75) is 24.9 Å². The Bertz CT molecular complexity index is 1340. The van der Waals surface area contributed by atoms with E-state index < -0.39 is 17.2 Å². The van der Waals surface area contributed by atoms with E-state index in [2.05, 4.69) is 17.0 Å². The highest BCUT2D eigenvalue weighted by Crippen LogP contribution is 2.34. The summed E-state index contributed by atoms with van der Waals surface area (Å²) < 4.78 is 45.6. The van der Waals surface area contributed by atoms with Gasteiger partial charge in [0, 0.05) is 23.7 Å². The van der Waals surface area contributed by atoms with Crippen LogP contribution in [0.2, 0.25) is 0 Å². The average molecular weight is 497 g/mol. The van der Waals surface area contributed by atoms with E-state index in [1.807, 2.05) is 48.3 Å². The van der Waals surface area contributed by atoms with Crippen LogP contribution >= 0.6 is 0 Å². The molecule has 4 rings (SSSR count). The predicted octanol–water partition coefficient (Wildman–Crippen LogP) is 5.02. The van der Waals surface area contributed by atoms with Gasteiger partial charge >= 0.3 is 12.1 Å². The average Bonchev–Trinajstić information content (AvgIpc) is 3.28. The topological polar surface area (TPSA) is 59.7 Å². The van der Waals surface area contributed by atoms with Crippen molar-refractivity contribution in [1.82, 2.24) is 19.5 Å². The summed E-state index contributed by atoms with van der Waals surface area (Å²) in [5, 5.41) is 4.58. The summed E-state index contributed by atoms with van der Waals surface area (Å²) in [5.41, 5.74) is 2.56. The molecule has 4 aromatic rings. The van der Waals surface area contributed by atoms with Gasteiger partial charge in [-0.2, -0.15) is 18.3 Å². The Kier molecular flexibility index (Phi) is 7.12. The summed E-state index contributed by atoms with van der Waals surface area (Å²) in [6.07, 6.45) is -0.437. The molecule has 2 aromatic heterocycles. The number of methoxy groups -OCH3 is 1. The minimum atomic E-state index is -4.40. The van der Waals surface area contributed by atoms with E-state index in [-0.39, 0.29) is 12.5 Å². The molecule has 0 aliphatic rings. The summed E-state index contributed by atoms with van der Waals surface area (Å²) in [4.78, 5) is 18.3. The highest BCUT2D eigenvalue weighted by Gasteiger charge is 2.33. The SMILES string of the molecule is COC(=O)CN(C)C[C@@](C)(Cc1ccccc1)c1ccnc2c(-c3ccc(C(F)(F)F)cc3)cnn12. The summed E-state index contributed by atoms with van der Waals surface area (Å²) in [6.45, 7) is 2.75. The smallest absolute Gasteiger partial charge is 0.416 e. The van der Waals surface area contributed by atoms with E-state index in [0.717, 1.165) is 23.4 Å². The second-order valence-electron chi connectivity index (χ2n) is 9.17. The zero-order valence-electron chi connectivity index (χ0n) is 20.3. The Hall–Kier alpha value is -3.72. The van der Waals surface area contributed by atoms with Crippen LogP contribution in [0.25, 0.3) is 16.8 Å². The van der Waals surface area contributed by atoms with Crippen LogP contribution in [-0.4, -0.2) is 52.7 Å². The Labute approximate surface area is 207 Å². The molecule has 2 aromatic carbocycles. The van der Waals surface area contributed by atoms with E-state index in [0.29, 0.717) is 29.7 Å². The van der Waals surface area contributed by atoms with Crippen molar-refractivity contribution in [1.29, 1.82) is 0 Å². The predicted molar refractivity (Wildman–Crippen MR) is 130 cm³/mol. The van der Waals surface area contributed by atoms with Gasteiger partial charge in [0.05, 0.1) is 31.1 Å². The fraction of sp³-hybridized carbons (Fsp3) is 0.296. The molecule has 6 nitrogen and oxygen atoms in total. The number of fused-ring (bicyclic) bond motifs is 1. The lowest BCUT2D eigenvalue weighted by Crippen LogP contribution is -2.42. The summed E-state index contributed by atoms with van der Waals surface area (Å²) in [5.74, 6) is -0.330. The second-order valence-corrected chi connectivity index (χ2v) is 9.17. The zero-order valence-corrected chi connectivity index (χ0v) is 20.3. The molecular formula is C27H27F3N4O2. The first kappa shape index (κ1) is 25.4. The van der Waals surface area contributed by atoms with Crippen LogP contribution < -0.4 is 0 Å². The van der Waals surface area contributed by atoms with Gasteiger partial charge in [-0.1, -0.05) is 49.4 Å². The Morgan fingerprint density at radius 3 is 2.39 bits per heavy atom. The van der Waals surface area contributed by atoms with Gasteiger partial charge in [-0.15, -0.1) is 0 Å². The maximum Gasteiger partial charge on any atom is 0.416 e. The molecule has 0 spiro atoms. The highest BCUT2D eigenvalue weighted by atomic mass is 19.4. The standard InChI is InChI=1S/C27H27F3N4O2/c1-26(15-19-7-5-4-6-8-19,18-33(2)17-24(35)36-3)23-13-14-31-25-22(16-32-34(23)25)20-9-11-21(12-10-20)27(28,29)30/h4-14,16H,15,17-18H2,1-3H3/t26-/m1/s1. The summed E-state index contributed by atoms with van der Waals surface area (Å²) in [6, 6.07) is 16.9. The van der Waals surface area contributed by atoms with Crippen molar-refractivity contribution in [2.24, 2.45) is 0 Å². The third-order valence-corrected chi connectivity index (χ3v) is 6.23. The van der Waals surface area contributed by atoms with Crippen molar-refractivity contribution >= 4 is 11.6 Å². The van der Waals surface area contributed by atoms with Gasteiger partial charge in [-0.05, 0) is 42.8 Å². The number of hydrogen-bond donors (Lipinski definition) is 0. The first-order chi connectivity index (χ1) is 17.1. The van der Waals surface area contributed by atoms with E-state index in [9.17, 15) is 18.0 Å². The number of halogens is 3. The van der Waals surface area contributed by atoms with Gasteiger partial charge in [0.2, 0.25) is 0 Å². The molecule has 0 amide bonds. The Balaban J connectivity index is 1.76. The first-order valence-corrected chi connectivity index (χ1v) is 11.4. The number of hydrogen-bond acceptors (Lipinski definition) is 5. The molecule has 9 heteroatoms. The monoisotopic (exact) mass is 496 g/mol. The number of aromatic nitrogens is 3. The lowest BCUT2D eigenvalue weighted by atomic mass is 9.79. The van der Waals surface area contributed by atoms with Crippen LogP contribution in [0.1, 0.15) is 23.7 Å². The van der Waals surface area contributed by atoms with Crippen molar-refractivity contribution in [2.75, 3.05) is 27.2 Å². The van der Waals surface area contributed by atoms with Gasteiger partial charge in [0.1, 0.15) is 0 Å². The van der Waals surface area contributed by atoms with E-state index >= 15 is 0 Å². The molecule has 0 aliphatic heterocycles. The van der Waals surface area contributed by atoms with Gasteiger partial charge in [0.25, 0.3) is 0 Å².